The number of hydrogen-bond donors (Lipinski definition) is 1. The molecule has 0 spiro atoms. The molecular formula is C15H18N4O3. The predicted octanol–water partition coefficient (Wildman–Crippen LogP) is 2.88. The van der Waals surface area contributed by atoms with Crippen molar-refractivity contribution in [3.05, 3.63) is 51.8 Å². The highest BCUT2D eigenvalue weighted by atomic mass is 16.6. The van der Waals surface area contributed by atoms with Crippen molar-refractivity contribution in [2.75, 3.05) is 5.32 Å². The molecule has 7 heteroatoms. The molecule has 1 aromatic heterocycles. The Balaban J connectivity index is 2.25. The van der Waals surface area contributed by atoms with Gasteiger partial charge >= 0.3 is 0 Å². The van der Waals surface area contributed by atoms with E-state index >= 15 is 0 Å². The van der Waals surface area contributed by atoms with Crippen LogP contribution < -0.4 is 5.32 Å². The van der Waals surface area contributed by atoms with Gasteiger partial charge in [0, 0.05) is 30.3 Å². The molecule has 22 heavy (non-hydrogen) atoms. The summed E-state index contributed by atoms with van der Waals surface area (Å²) in [4.78, 5) is 22.6. The molecule has 1 aromatic carbocycles. The molecule has 1 N–H and O–H groups in total. The molecule has 7 nitrogen and oxygen atoms in total. The summed E-state index contributed by atoms with van der Waals surface area (Å²) in [5.41, 5.74) is 1.34. The molecule has 0 radical (unpaired) electrons. The van der Waals surface area contributed by atoms with E-state index in [0.717, 1.165) is 5.69 Å². The van der Waals surface area contributed by atoms with Gasteiger partial charge in [-0.1, -0.05) is 26.8 Å². The van der Waals surface area contributed by atoms with E-state index in [-0.39, 0.29) is 17.0 Å². The highest BCUT2D eigenvalue weighted by Gasteiger charge is 2.22. The fourth-order valence-corrected chi connectivity index (χ4v) is 1.94. The average molecular weight is 302 g/mol. The van der Waals surface area contributed by atoms with Crippen LogP contribution in [0.5, 0.6) is 0 Å². The highest BCUT2D eigenvalue weighted by molar-refractivity contribution is 6.03. The molecule has 0 aliphatic carbocycles. The maximum absolute atomic E-state index is 12.3. The Morgan fingerprint density at radius 2 is 2.00 bits per heavy atom. The van der Waals surface area contributed by atoms with Gasteiger partial charge in [0.1, 0.15) is 5.69 Å². The number of carbonyl (C=O) groups is 1. The zero-order valence-corrected chi connectivity index (χ0v) is 13.0. The topological polar surface area (TPSA) is 90.1 Å². The molecule has 0 unspecified atom stereocenters. The van der Waals surface area contributed by atoms with E-state index in [9.17, 15) is 14.9 Å². The van der Waals surface area contributed by atoms with Crippen molar-refractivity contribution in [1.82, 2.24) is 9.78 Å². The SMILES string of the molecule is Cn1nc(C(C)(C)C)cc1C(=O)Nc1cccc([N+](=O)[O-])c1. The molecule has 0 aliphatic rings. The van der Waals surface area contributed by atoms with Crippen molar-refractivity contribution in [2.24, 2.45) is 7.05 Å². The first-order valence-corrected chi connectivity index (χ1v) is 6.79. The molecule has 0 saturated carbocycles. The van der Waals surface area contributed by atoms with E-state index in [1.807, 2.05) is 20.8 Å². The van der Waals surface area contributed by atoms with Crippen molar-refractivity contribution in [3.8, 4) is 0 Å². The summed E-state index contributed by atoms with van der Waals surface area (Å²) in [7, 11) is 1.69. The number of benzene rings is 1. The molecule has 0 atom stereocenters. The lowest BCUT2D eigenvalue weighted by Crippen LogP contribution is -2.16. The second-order valence-corrected chi connectivity index (χ2v) is 6.05. The van der Waals surface area contributed by atoms with Crippen LogP contribution in [-0.2, 0) is 12.5 Å². The van der Waals surface area contributed by atoms with Crippen molar-refractivity contribution in [2.45, 2.75) is 26.2 Å². The largest absolute Gasteiger partial charge is 0.320 e. The Labute approximate surface area is 128 Å². The molecule has 116 valence electrons. The molecule has 0 aliphatic heterocycles. The third kappa shape index (κ3) is 3.30. The third-order valence-corrected chi connectivity index (χ3v) is 3.20. The summed E-state index contributed by atoms with van der Waals surface area (Å²) in [6.45, 7) is 6.03. The number of anilines is 1. The molecule has 0 saturated heterocycles. The Hall–Kier alpha value is -2.70. The van der Waals surface area contributed by atoms with E-state index in [2.05, 4.69) is 10.4 Å². The number of rotatable bonds is 3. The molecule has 1 heterocycles. The lowest BCUT2D eigenvalue weighted by molar-refractivity contribution is -0.384. The second-order valence-electron chi connectivity index (χ2n) is 6.05. The number of nitro groups is 1. The molecular weight excluding hydrogens is 284 g/mol. The van der Waals surface area contributed by atoms with Crippen LogP contribution in [0.1, 0.15) is 37.0 Å². The van der Waals surface area contributed by atoms with Gasteiger partial charge in [-0.2, -0.15) is 5.10 Å². The first-order chi connectivity index (χ1) is 10.2. The molecule has 0 fully saturated rings. The summed E-state index contributed by atoms with van der Waals surface area (Å²) in [5, 5.41) is 17.7. The lowest BCUT2D eigenvalue weighted by atomic mass is 9.92. The fourth-order valence-electron chi connectivity index (χ4n) is 1.94. The van der Waals surface area contributed by atoms with E-state index in [1.54, 1.807) is 19.2 Å². The van der Waals surface area contributed by atoms with Gasteiger partial charge in [-0.25, -0.2) is 0 Å². The van der Waals surface area contributed by atoms with Gasteiger partial charge in [-0.05, 0) is 12.1 Å². The number of hydrogen-bond acceptors (Lipinski definition) is 4. The van der Waals surface area contributed by atoms with Crippen molar-refractivity contribution >= 4 is 17.3 Å². The summed E-state index contributed by atoms with van der Waals surface area (Å²) >= 11 is 0. The average Bonchev–Trinajstić information content (AvgIpc) is 2.81. The number of nitrogens with one attached hydrogen (secondary N) is 1. The van der Waals surface area contributed by atoms with Gasteiger partial charge in [-0.3, -0.25) is 19.6 Å². The Morgan fingerprint density at radius 1 is 1.32 bits per heavy atom. The Kier molecular flexibility index (Phi) is 3.99. The van der Waals surface area contributed by atoms with Crippen LogP contribution in [0.2, 0.25) is 0 Å². The first kappa shape index (κ1) is 15.7. The maximum atomic E-state index is 12.3. The van der Waals surface area contributed by atoms with Crippen LogP contribution in [-0.4, -0.2) is 20.6 Å². The summed E-state index contributed by atoms with van der Waals surface area (Å²) < 4.78 is 1.51. The van der Waals surface area contributed by atoms with Crippen LogP contribution in [0.15, 0.2) is 30.3 Å². The van der Waals surface area contributed by atoms with Crippen LogP contribution in [0.3, 0.4) is 0 Å². The van der Waals surface area contributed by atoms with Gasteiger partial charge in [0.2, 0.25) is 0 Å². The van der Waals surface area contributed by atoms with Crippen molar-refractivity contribution in [3.63, 3.8) is 0 Å². The number of carbonyl (C=O) groups excluding carboxylic acids is 1. The van der Waals surface area contributed by atoms with E-state index < -0.39 is 4.92 Å². The minimum absolute atomic E-state index is 0.0711. The quantitative estimate of drug-likeness (QED) is 0.697. The molecule has 0 bridgehead atoms. The van der Waals surface area contributed by atoms with E-state index in [0.29, 0.717) is 11.4 Å². The maximum Gasteiger partial charge on any atom is 0.273 e. The summed E-state index contributed by atoms with van der Waals surface area (Å²) in [6, 6.07) is 7.55. The smallest absolute Gasteiger partial charge is 0.273 e. The zero-order chi connectivity index (χ0) is 16.5. The number of aromatic nitrogens is 2. The van der Waals surface area contributed by atoms with Crippen LogP contribution in [0.25, 0.3) is 0 Å². The number of non-ortho nitro benzene ring substituents is 1. The number of nitrogens with zero attached hydrogens (tertiary/aromatic N) is 3. The number of aryl methyl sites for hydroxylation is 1. The zero-order valence-electron chi connectivity index (χ0n) is 13.0. The molecule has 2 rings (SSSR count). The van der Waals surface area contributed by atoms with Gasteiger partial charge in [0.15, 0.2) is 0 Å². The van der Waals surface area contributed by atoms with E-state index in [1.165, 1.54) is 22.9 Å². The van der Waals surface area contributed by atoms with Gasteiger partial charge in [0.25, 0.3) is 11.6 Å². The van der Waals surface area contributed by atoms with Gasteiger partial charge in [0.05, 0.1) is 10.6 Å². The fraction of sp³-hybridized carbons (Fsp3) is 0.333. The van der Waals surface area contributed by atoms with Gasteiger partial charge < -0.3 is 5.32 Å². The number of amides is 1. The van der Waals surface area contributed by atoms with Crippen molar-refractivity contribution < 1.29 is 9.72 Å². The van der Waals surface area contributed by atoms with E-state index in [4.69, 9.17) is 0 Å². The van der Waals surface area contributed by atoms with Crippen LogP contribution in [0, 0.1) is 10.1 Å². The van der Waals surface area contributed by atoms with Crippen LogP contribution >= 0.6 is 0 Å². The second kappa shape index (κ2) is 5.59. The summed E-state index contributed by atoms with van der Waals surface area (Å²) in [5.74, 6) is -0.356. The number of nitro benzene ring substituents is 1. The monoisotopic (exact) mass is 302 g/mol. The Bertz CT molecular complexity index is 729. The summed E-state index contributed by atoms with van der Waals surface area (Å²) in [6.07, 6.45) is 0. The highest BCUT2D eigenvalue weighted by Crippen LogP contribution is 2.22. The standard InChI is InChI=1S/C15H18N4O3/c1-15(2,3)13-9-12(18(4)17-13)14(20)16-10-6-5-7-11(8-10)19(21)22/h5-9H,1-4H3,(H,16,20). The minimum Gasteiger partial charge on any atom is -0.320 e. The Morgan fingerprint density at radius 3 is 2.55 bits per heavy atom. The lowest BCUT2D eigenvalue weighted by Gasteiger charge is -2.13. The third-order valence-electron chi connectivity index (χ3n) is 3.20. The molecule has 1 amide bonds. The predicted molar refractivity (Wildman–Crippen MR) is 83.0 cm³/mol. The molecule has 2 aromatic rings. The van der Waals surface area contributed by atoms with Crippen LogP contribution in [0.4, 0.5) is 11.4 Å². The normalized spacial score (nSPS) is 11.3. The minimum atomic E-state index is -0.503. The first-order valence-electron chi connectivity index (χ1n) is 6.79. The van der Waals surface area contributed by atoms with Crippen molar-refractivity contribution in [1.29, 1.82) is 0 Å². The van der Waals surface area contributed by atoms with Gasteiger partial charge in [-0.15, -0.1) is 0 Å².